The number of nitrogen functional groups attached to an aromatic ring is 1. The van der Waals surface area contributed by atoms with Gasteiger partial charge in [-0.05, 0) is 13.0 Å². The number of alkyl halides is 3. The Labute approximate surface area is 78.7 Å². The van der Waals surface area contributed by atoms with Gasteiger partial charge in [-0.3, -0.25) is 0 Å². The second-order valence-corrected chi connectivity index (χ2v) is 2.70. The van der Waals surface area contributed by atoms with Crippen molar-refractivity contribution in [3.05, 3.63) is 18.2 Å². The van der Waals surface area contributed by atoms with Gasteiger partial charge in [0, 0.05) is 6.07 Å². The molecule has 1 aromatic heterocycles. The van der Waals surface area contributed by atoms with E-state index in [1.54, 1.807) is 0 Å². The smallest absolute Gasteiger partial charge is 0.425 e. The predicted octanol–water partition coefficient (Wildman–Crippen LogP) is 1.99. The van der Waals surface area contributed by atoms with Crippen LogP contribution in [0.3, 0.4) is 0 Å². The van der Waals surface area contributed by atoms with Crippen molar-refractivity contribution in [3.8, 4) is 5.88 Å². The molecule has 14 heavy (non-hydrogen) atoms. The van der Waals surface area contributed by atoms with Crippen LogP contribution in [-0.4, -0.2) is 17.3 Å². The molecular weight excluding hydrogens is 197 g/mol. The van der Waals surface area contributed by atoms with Crippen molar-refractivity contribution in [2.24, 2.45) is 0 Å². The molecule has 1 aromatic rings. The lowest BCUT2D eigenvalue weighted by atomic mass is 10.4. The van der Waals surface area contributed by atoms with E-state index in [0.29, 0.717) is 0 Å². The van der Waals surface area contributed by atoms with Crippen molar-refractivity contribution in [2.45, 2.75) is 19.2 Å². The first-order chi connectivity index (χ1) is 6.39. The Morgan fingerprint density at radius 2 is 2.07 bits per heavy atom. The number of anilines is 1. The molecule has 0 fully saturated rings. The minimum atomic E-state index is -4.40. The number of nitrogens with two attached hydrogens (primary N) is 1. The summed E-state index contributed by atoms with van der Waals surface area (Å²) in [6.45, 7) is 0.908. The number of halogens is 3. The number of nitrogens with zero attached hydrogens (tertiary/aromatic N) is 1. The van der Waals surface area contributed by atoms with Crippen LogP contribution < -0.4 is 10.5 Å². The maximum atomic E-state index is 12.1. The second kappa shape index (κ2) is 3.73. The minimum Gasteiger partial charge on any atom is -0.465 e. The first-order valence-corrected chi connectivity index (χ1v) is 3.85. The molecule has 3 nitrogen and oxygen atoms in total. The highest BCUT2D eigenvalue weighted by atomic mass is 19.4. The molecular formula is C8H9F3N2O. The third-order valence-corrected chi connectivity index (χ3v) is 1.50. The van der Waals surface area contributed by atoms with E-state index in [0.717, 1.165) is 6.92 Å². The molecule has 78 valence electrons. The first-order valence-electron chi connectivity index (χ1n) is 3.85. The average molecular weight is 206 g/mol. The van der Waals surface area contributed by atoms with Crippen molar-refractivity contribution >= 4 is 5.82 Å². The van der Waals surface area contributed by atoms with Crippen LogP contribution >= 0.6 is 0 Å². The molecule has 0 aliphatic rings. The Kier molecular flexibility index (Phi) is 2.83. The standard InChI is InChI=1S/C8H9F3N2O/c1-5(8(9,10)11)14-7-4-2-3-6(12)13-7/h2-5H,1H3,(H2,12,13). The summed E-state index contributed by atoms with van der Waals surface area (Å²) in [7, 11) is 0. The van der Waals surface area contributed by atoms with E-state index in [9.17, 15) is 13.2 Å². The molecule has 0 saturated heterocycles. The first kappa shape index (κ1) is 10.6. The highest BCUT2D eigenvalue weighted by Gasteiger charge is 2.38. The van der Waals surface area contributed by atoms with E-state index in [4.69, 9.17) is 5.73 Å². The maximum absolute atomic E-state index is 12.1. The largest absolute Gasteiger partial charge is 0.465 e. The molecule has 0 amide bonds. The van der Waals surface area contributed by atoms with Gasteiger partial charge in [-0.2, -0.15) is 18.2 Å². The van der Waals surface area contributed by atoms with Crippen molar-refractivity contribution in [2.75, 3.05) is 5.73 Å². The zero-order valence-corrected chi connectivity index (χ0v) is 7.38. The molecule has 0 aliphatic carbocycles. The molecule has 0 saturated carbocycles. The highest BCUT2D eigenvalue weighted by molar-refractivity contribution is 5.31. The van der Waals surface area contributed by atoms with Crippen LogP contribution in [0.1, 0.15) is 6.92 Å². The van der Waals surface area contributed by atoms with Crippen molar-refractivity contribution < 1.29 is 17.9 Å². The van der Waals surface area contributed by atoms with Crippen LogP contribution in [0.4, 0.5) is 19.0 Å². The average Bonchev–Trinajstić information content (AvgIpc) is 2.02. The minimum absolute atomic E-state index is 0.122. The van der Waals surface area contributed by atoms with Gasteiger partial charge < -0.3 is 10.5 Å². The number of ether oxygens (including phenoxy) is 1. The second-order valence-electron chi connectivity index (χ2n) is 2.70. The van der Waals surface area contributed by atoms with Gasteiger partial charge in [0.2, 0.25) is 5.88 Å². The zero-order valence-electron chi connectivity index (χ0n) is 7.38. The van der Waals surface area contributed by atoms with E-state index < -0.39 is 12.3 Å². The van der Waals surface area contributed by atoms with Gasteiger partial charge in [0.1, 0.15) is 5.82 Å². The molecule has 1 heterocycles. The summed E-state index contributed by atoms with van der Waals surface area (Å²) >= 11 is 0. The van der Waals surface area contributed by atoms with Gasteiger partial charge in [-0.15, -0.1) is 0 Å². The van der Waals surface area contributed by atoms with Gasteiger partial charge in [-0.25, -0.2) is 0 Å². The summed E-state index contributed by atoms with van der Waals surface area (Å²) in [5, 5.41) is 0. The molecule has 1 unspecified atom stereocenters. The van der Waals surface area contributed by atoms with Crippen LogP contribution in [-0.2, 0) is 0 Å². The lowest BCUT2D eigenvalue weighted by Gasteiger charge is -2.16. The number of hydrogen-bond acceptors (Lipinski definition) is 3. The molecule has 0 bridgehead atoms. The molecule has 0 spiro atoms. The molecule has 0 aliphatic heterocycles. The normalized spacial score (nSPS) is 13.7. The van der Waals surface area contributed by atoms with Crippen molar-refractivity contribution in [1.29, 1.82) is 0 Å². The van der Waals surface area contributed by atoms with E-state index in [1.165, 1.54) is 18.2 Å². The van der Waals surface area contributed by atoms with Gasteiger partial charge in [0.15, 0.2) is 6.10 Å². The molecule has 0 aromatic carbocycles. The van der Waals surface area contributed by atoms with Crippen LogP contribution in [0.15, 0.2) is 18.2 Å². The fourth-order valence-corrected chi connectivity index (χ4v) is 0.744. The number of rotatable bonds is 2. The summed E-state index contributed by atoms with van der Waals surface area (Å²) in [6, 6.07) is 4.25. The summed E-state index contributed by atoms with van der Waals surface area (Å²) in [6.07, 6.45) is -6.29. The summed E-state index contributed by atoms with van der Waals surface area (Å²) in [4.78, 5) is 3.58. The monoisotopic (exact) mass is 206 g/mol. The molecule has 1 rings (SSSR count). The van der Waals surface area contributed by atoms with Gasteiger partial charge in [-0.1, -0.05) is 6.07 Å². The number of pyridine rings is 1. The molecule has 0 radical (unpaired) electrons. The SMILES string of the molecule is CC(Oc1cccc(N)n1)C(F)(F)F. The van der Waals surface area contributed by atoms with Gasteiger partial charge >= 0.3 is 6.18 Å². The maximum Gasteiger partial charge on any atom is 0.425 e. The highest BCUT2D eigenvalue weighted by Crippen LogP contribution is 2.23. The fraction of sp³-hybridized carbons (Fsp3) is 0.375. The third-order valence-electron chi connectivity index (χ3n) is 1.50. The predicted molar refractivity (Wildman–Crippen MR) is 44.8 cm³/mol. The van der Waals surface area contributed by atoms with E-state index >= 15 is 0 Å². The quantitative estimate of drug-likeness (QED) is 0.804. The Balaban J connectivity index is 2.70. The van der Waals surface area contributed by atoms with Crippen LogP contribution in [0.2, 0.25) is 0 Å². The Morgan fingerprint density at radius 1 is 1.43 bits per heavy atom. The van der Waals surface area contributed by atoms with E-state index in [-0.39, 0.29) is 11.7 Å². The summed E-state index contributed by atoms with van der Waals surface area (Å²) < 4.78 is 40.7. The number of aromatic nitrogens is 1. The summed E-state index contributed by atoms with van der Waals surface area (Å²) in [5.41, 5.74) is 5.27. The zero-order chi connectivity index (χ0) is 10.8. The van der Waals surface area contributed by atoms with Gasteiger partial charge in [0.05, 0.1) is 0 Å². The van der Waals surface area contributed by atoms with E-state index in [1.807, 2.05) is 0 Å². The van der Waals surface area contributed by atoms with Crippen LogP contribution in [0, 0.1) is 0 Å². The Hall–Kier alpha value is -1.46. The summed E-state index contributed by atoms with van der Waals surface area (Å²) in [5.74, 6) is -0.00769. The fourth-order valence-electron chi connectivity index (χ4n) is 0.744. The van der Waals surface area contributed by atoms with Gasteiger partial charge in [0.25, 0.3) is 0 Å². The molecule has 2 N–H and O–H groups in total. The Morgan fingerprint density at radius 3 is 2.57 bits per heavy atom. The lowest BCUT2D eigenvalue weighted by molar-refractivity contribution is -0.189. The van der Waals surface area contributed by atoms with Crippen molar-refractivity contribution in [1.82, 2.24) is 4.98 Å². The topological polar surface area (TPSA) is 48.1 Å². The third kappa shape index (κ3) is 2.79. The molecule has 6 heteroatoms. The Bertz CT molecular complexity index is 314. The van der Waals surface area contributed by atoms with Crippen molar-refractivity contribution in [3.63, 3.8) is 0 Å². The van der Waals surface area contributed by atoms with E-state index in [2.05, 4.69) is 9.72 Å². The lowest BCUT2D eigenvalue weighted by Crippen LogP contribution is -2.31. The van der Waals surface area contributed by atoms with Crippen LogP contribution in [0.5, 0.6) is 5.88 Å². The number of hydrogen-bond donors (Lipinski definition) is 1. The van der Waals surface area contributed by atoms with Crippen LogP contribution in [0.25, 0.3) is 0 Å². The molecule has 1 atom stereocenters.